The average Bonchev–Trinajstić information content (AvgIpc) is 3.15. The molecule has 0 aliphatic carbocycles. The van der Waals surface area contributed by atoms with E-state index < -0.39 is 10.0 Å². The van der Waals surface area contributed by atoms with E-state index >= 15 is 0 Å². The maximum Gasteiger partial charge on any atom is 0.243 e. The van der Waals surface area contributed by atoms with Crippen molar-refractivity contribution in [2.45, 2.75) is 49.5 Å². The molecule has 0 bridgehead atoms. The number of thioether (sulfide) groups is 1. The van der Waals surface area contributed by atoms with E-state index in [2.05, 4.69) is 18.4 Å². The number of rotatable bonds is 10. The highest BCUT2D eigenvalue weighted by Gasteiger charge is 2.24. The highest BCUT2D eigenvalue weighted by atomic mass is 32.2. The first-order valence-corrected chi connectivity index (χ1v) is 13.1. The van der Waals surface area contributed by atoms with E-state index in [0.717, 1.165) is 16.2 Å². The van der Waals surface area contributed by atoms with Gasteiger partial charge in [-0.15, -0.1) is 0 Å². The van der Waals surface area contributed by atoms with Gasteiger partial charge in [-0.25, -0.2) is 13.4 Å². The predicted octanol–water partition coefficient (Wildman–Crippen LogP) is 4.96. The van der Waals surface area contributed by atoms with Gasteiger partial charge in [0.2, 0.25) is 10.0 Å². The molecule has 3 rings (SSSR count). The van der Waals surface area contributed by atoms with Gasteiger partial charge in [0, 0.05) is 30.4 Å². The second-order valence-corrected chi connectivity index (χ2v) is 10.4. The molecule has 3 aromatic rings. The van der Waals surface area contributed by atoms with Gasteiger partial charge in [-0.3, -0.25) is 0 Å². The van der Waals surface area contributed by atoms with Crippen LogP contribution in [0.25, 0.3) is 11.0 Å². The van der Waals surface area contributed by atoms with Gasteiger partial charge in [0.1, 0.15) is 0 Å². The van der Waals surface area contributed by atoms with Crippen LogP contribution in [0.2, 0.25) is 0 Å². The van der Waals surface area contributed by atoms with Crippen LogP contribution in [-0.4, -0.2) is 49.6 Å². The first-order chi connectivity index (χ1) is 15.3. The van der Waals surface area contributed by atoms with Gasteiger partial charge < -0.3 is 14.0 Å². The Balaban J connectivity index is 2.00. The van der Waals surface area contributed by atoms with Gasteiger partial charge in [0.15, 0.2) is 16.7 Å². The fourth-order valence-corrected chi connectivity index (χ4v) is 6.34. The maximum absolute atomic E-state index is 13.0. The molecule has 7 nitrogen and oxygen atoms in total. The molecule has 0 saturated heterocycles. The van der Waals surface area contributed by atoms with E-state index in [-0.39, 0.29) is 10.9 Å². The van der Waals surface area contributed by atoms with Crippen LogP contribution in [0.3, 0.4) is 0 Å². The van der Waals surface area contributed by atoms with E-state index in [1.165, 1.54) is 4.31 Å². The molecule has 0 amide bonds. The van der Waals surface area contributed by atoms with Crippen molar-refractivity contribution >= 4 is 32.8 Å². The van der Waals surface area contributed by atoms with E-state index in [1.54, 1.807) is 38.1 Å². The normalized spacial score (nSPS) is 12.1. The van der Waals surface area contributed by atoms with Crippen molar-refractivity contribution in [3.63, 3.8) is 0 Å². The summed E-state index contributed by atoms with van der Waals surface area (Å²) in [5.41, 5.74) is 2.59. The molecule has 0 atom stereocenters. The molecule has 0 aliphatic rings. The number of sulfonamides is 1. The monoisotopic (exact) mass is 477 g/mol. The Bertz CT molecular complexity index is 1190. The second-order valence-electron chi connectivity index (χ2n) is 7.54. The van der Waals surface area contributed by atoms with Gasteiger partial charge >= 0.3 is 0 Å². The molecule has 0 unspecified atom stereocenters. The number of ether oxygens (including phenoxy) is 2. The molecular weight excluding hydrogens is 446 g/mol. The standard InChI is InChI=1S/C23H31N3O4S2/c1-7-25(8-2)32(27,28)18-12-13-20-19(14-18)24-23(26(20)16(3)4)31-15-17-10-9-11-21(29-5)22(17)30-6/h9-14,16H,7-8,15H2,1-6H3. The van der Waals surface area contributed by atoms with Crippen molar-refractivity contribution < 1.29 is 17.9 Å². The Labute approximate surface area is 194 Å². The largest absolute Gasteiger partial charge is 0.493 e. The Morgan fingerprint density at radius 1 is 1.09 bits per heavy atom. The van der Waals surface area contributed by atoms with Crippen molar-refractivity contribution in [1.29, 1.82) is 0 Å². The maximum atomic E-state index is 13.0. The van der Waals surface area contributed by atoms with Crippen molar-refractivity contribution in [3.05, 3.63) is 42.0 Å². The Morgan fingerprint density at radius 2 is 1.81 bits per heavy atom. The molecule has 2 aromatic carbocycles. The number of benzene rings is 2. The first kappa shape index (κ1) is 24.4. The number of para-hydroxylation sites is 1. The summed E-state index contributed by atoms with van der Waals surface area (Å²) in [6.45, 7) is 8.74. The van der Waals surface area contributed by atoms with Crippen LogP contribution in [0, 0.1) is 0 Å². The zero-order valence-electron chi connectivity index (χ0n) is 19.5. The van der Waals surface area contributed by atoms with Gasteiger partial charge in [0.25, 0.3) is 0 Å². The molecule has 1 heterocycles. The van der Waals surface area contributed by atoms with Crippen LogP contribution in [0.1, 0.15) is 39.3 Å². The van der Waals surface area contributed by atoms with Gasteiger partial charge in [0.05, 0.1) is 30.1 Å². The summed E-state index contributed by atoms with van der Waals surface area (Å²) in [7, 11) is -0.288. The van der Waals surface area contributed by atoms with Crippen LogP contribution < -0.4 is 9.47 Å². The quantitative estimate of drug-likeness (QED) is 0.384. The Morgan fingerprint density at radius 3 is 2.41 bits per heavy atom. The SMILES string of the molecule is CCN(CC)S(=O)(=O)c1ccc2c(c1)nc(SCc1cccc(OC)c1OC)n2C(C)C. The van der Waals surface area contributed by atoms with Crippen molar-refractivity contribution in [2.75, 3.05) is 27.3 Å². The summed E-state index contributed by atoms with van der Waals surface area (Å²) in [6, 6.07) is 11.2. The Kier molecular flexibility index (Phi) is 7.74. The summed E-state index contributed by atoms with van der Waals surface area (Å²) >= 11 is 1.59. The Hall–Kier alpha value is -2.23. The number of hydrogen-bond donors (Lipinski definition) is 0. The minimum atomic E-state index is -3.54. The minimum Gasteiger partial charge on any atom is -0.493 e. The number of imidazole rings is 1. The zero-order valence-corrected chi connectivity index (χ0v) is 21.1. The van der Waals surface area contributed by atoms with Crippen molar-refractivity contribution in [1.82, 2.24) is 13.9 Å². The summed E-state index contributed by atoms with van der Waals surface area (Å²) in [4.78, 5) is 5.07. The van der Waals surface area contributed by atoms with Crippen LogP contribution in [0.5, 0.6) is 11.5 Å². The predicted molar refractivity (Wildman–Crippen MR) is 129 cm³/mol. The topological polar surface area (TPSA) is 73.7 Å². The van der Waals surface area contributed by atoms with Gasteiger partial charge in [-0.05, 0) is 38.1 Å². The molecule has 0 aliphatic heterocycles. The summed E-state index contributed by atoms with van der Waals surface area (Å²) < 4.78 is 40.5. The lowest BCUT2D eigenvalue weighted by molar-refractivity contribution is 0.352. The summed E-state index contributed by atoms with van der Waals surface area (Å²) in [6.07, 6.45) is 0. The summed E-state index contributed by atoms with van der Waals surface area (Å²) in [5, 5.41) is 0.831. The molecule has 0 spiro atoms. The molecule has 0 fully saturated rings. The lowest BCUT2D eigenvalue weighted by Gasteiger charge is -2.18. The van der Waals surface area contributed by atoms with Crippen molar-refractivity contribution in [3.8, 4) is 11.5 Å². The highest BCUT2D eigenvalue weighted by molar-refractivity contribution is 7.98. The highest BCUT2D eigenvalue weighted by Crippen LogP contribution is 2.36. The van der Waals surface area contributed by atoms with E-state index in [9.17, 15) is 8.42 Å². The zero-order chi connectivity index (χ0) is 23.5. The second kappa shape index (κ2) is 10.1. The number of hydrogen-bond acceptors (Lipinski definition) is 6. The van der Waals surface area contributed by atoms with E-state index in [4.69, 9.17) is 14.5 Å². The molecule has 0 radical (unpaired) electrons. The molecule has 32 heavy (non-hydrogen) atoms. The van der Waals surface area contributed by atoms with Crippen molar-refractivity contribution in [2.24, 2.45) is 0 Å². The molecule has 0 N–H and O–H groups in total. The third-order valence-electron chi connectivity index (χ3n) is 5.33. The smallest absolute Gasteiger partial charge is 0.243 e. The molecular formula is C23H31N3O4S2. The number of aromatic nitrogens is 2. The fourth-order valence-electron chi connectivity index (χ4n) is 3.74. The first-order valence-electron chi connectivity index (χ1n) is 10.6. The van der Waals surface area contributed by atoms with Crippen LogP contribution in [0.15, 0.2) is 46.5 Å². The lowest BCUT2D eigenvalue weighted by atomic mass is 10.2. The number of fused-ring (bicyclic) bond motifs is 1. The van der Waals surface area contributed by atoms with Crippen LogP contribution in [0.4, 0.5) is 0 Å². The molecule has 1 aromatic heterocycles. The van der Waals surface area contributed by atoms with Gasteiger partial charge in [-0.1, -0.05) is 37.7 Å². The number of methoxy groups -OCH3 is 2. The third kappa shape index (κ3) is 4.60. The van der Waals surface area contributed by atoms with E-state index in [1.807, 2.05) is 38.1 Å². The van der Waals surface area contributed by atoms with E-state index in [0.29, 0.717) is 35.9 Å². The fraction of sp³-hybridized carbons (Fsp3) is 0.435. The molecule has 174 valence electrons. The number of nitrogens with zero attached hydrogens (tertiary/aromatic N) is 3. The molecule has 0 saturated carbocycles. The van der Waals surface area contributed by atoms with Crippen LogP contribution >= 0.6 is 11.8 Å². The lowest BCUT2D eigenvalue weighted by Crippen LogP contribution is -2.30. The van der Waals surface area contributed by atoms with Gasteiger partial charge in [-0.2, -0.15) is 4.31 Å². The van der Waals surface area contributed by atoms with Crippen LogP contribution in [-0.2, 0) is 15.8 Å². The minimum absolute atomic E-state index is 0.167. The average molecular weight is 478 g/mol. The molecule has 9 heteroatoms. The summed E-state index contributed by atoms with van der Waals surface area (Å²) in [5.74, 6) is 2.04. The third-order valence-corrected chi connectivity index (χ3v) is 8.38.